The highest BCUT2D eigenvalue weighted by atomic mass is 16.5. The summed E-state index contributed by atoms with van der Waals surface area (Å²) in [6.07, 6.45) is 0.207. The third-order valence-corrected chi connectivity index (χ3v) is 6.68. The smallest absolute Gasteiger partial charge is 0.227 e. The average molecular weight is 451 g/mol. The third kappa shape index (κ3) is 5.54. The van der Waals surface area contributed by atoms with Crippen LogP contribution in [-0.2, 0) is 9.59 Å². The number of rotatable bonds is 7. The summed E-state index contributed by atoms with van der Waals surface area (Å²) in [7, 11) is 3.74. The molecule has 7 heteroatoms. The molecule has 2 saturated heterocycles. The lowest BCUT2D eigenvalue weighted by Gasteiger charge is -2.35. The molecule has 2 atom stereocenters. The highest BCUT2D eigenvalue weighted by molar-refractivity contribution is 6.01. The molecule has 0 aromatic heterocycles. The molecule has 2 fully saturated rings. The fourth-order valence-electron chi connectivity index (χ4n) is 4.62. The second-order valence-electron chi connectivity index (χ2n) is 9.16. The molecule has 2 aliphatic rings. The minimum absolute atomic E-state index is 0.0469. The van der Waals surface area contributed by atoms with Crippen molar-refractivity contribution < 1.29 is 14.3 Å². The molecule has 7 nitrogen and oxygen atoms in total. The maximum absolute atomic E-state index is 13.3. The Kier molecular flexibility index (Phi) is 7.30. The van der Waals surface area contributed by atoms with Gasteiger partial charge in [-0.3, -0.25) is 14.5 Å². The summed E-state index contributed by atoms with van der Waals surface area (Å²) in [6, 6.07) is 15.8. The first kappa shape index (κ1) is 23.3. The molecule has 0 aliphatic carbocycles. The van der Waals surface area contributed by atoms with Gasteiger partial charge in [-0.05, 0) is 37.2 Å². The first-order chi connectivity index (χ1) is 15.9. The average Bonchev–Trinajstić information content (AvgIpc) is 3.22. The number of nitrogens with zero attached hydrogens (tertiary/aromatic N) is 3. The van der Waals surface area contributed by atoms with Gasteiger partial charge in [0.25, 0.3) is 0 Å². The topological polar surface area (TPSA) is 65.1 Å². The number of ether oxygens (including phenoxy) is 1. The Morgan fingerprint density at radius 2 is 1.85 bits per heavy atom. The van der Waals surface area contributed by atoms with Crippen LogP contribution in [0.15, 0.2) is 48.5 Å². The fourth-order valence-corrected chi connectivity index (χ4v) is 4.62. The zero-order chi connectivity index (χ0) is 23.4. The molecular formula is C26H34N4O3. The Balaban J connectivity index is 1.47. The predicted molar refractivity (Wildman–Crippen MR) is 129 cm³/mol. The molecule has 2 unspecified atom stereocenters. The minimum atomic E-state index is -0.388. The Bertz CT molecular complexity index is 973. The monoisotopic (exact) mass is 450 g/mol. The van der Waals surface area contributed by atoms with Crippen molar-refractivity contribution in [3.05, 3.63) is 59.7 Å². The highest BCUT2D eigenvalue weighted by Crippen LogP contribution is 2.34. The normalized spacial score (nSPS) is 20.6. The predicted octanol–water partition coefficient (Wildman–Crippen LogP) is 2.46. The van der Waals surface area contributed by atoms with E-state index >= 15 is 0 Å². The van der Waals surface area contributed by atoms with Crippen molar-refractivity contribution in [3.8, 4) is 5.75 Å². The number of nitrogens with one attached hydrogen (secondary N) is 1. The summed E-state index contributed by atoms with van der Waals surface area (Å²) >= 11 is 0. The number of carbonyl (C=O) groups is 2. The standard InChI is InChI=1S/C26H34N4O3/c1-19-9-10-24(33-3)23(15-19)30-17-21(16-25(30)31)26(32)27-22(20-7-5-4-6-8-20)18-29-13-11-28(2)12-14-29/h4-10,15,21-22H,11-14,16-18H2,1-3H3,(H,27,32). The van der Waals surface area contributed by atoms with Crippen molar-refractivity contribution in [1.29, 1.82) is 0 Å². The first-order valence-corrected chi connectivity index (χ1v) is 11.7. The summed E-state index contributed by atoms with van der Waals surface area (Å²) in [5.74, 6) is 0.142. The molecule has 1 N–H and O–H groups in total. The van der Waals surface area contributed by atoms with Gasteiger partial charge in [-0.1, -0.05) is 36.4 Å². The van der Waals surface area contributed by atoms with Crippen LogP contribution in [-0.4, -0.2) is 75.0 Å². The van der Waals surface area contributed by atoms with Crippen LogP contribution >= 0.6 is 0 Å². The molecule has 2 heterocycles. The van der Waals surface area contributed by atoms with Crippen molar-refractivity contribution in [2.75, 3.05) is 58.3 Å². The number of anilines is 1. The van der Waals surface area contributed by atoms with Crippen LogP contribution in [0, 0.1) is 12.8 Å². The van der Waals surface area contributed by atoms with E-state index in [4.69, 9.17) is 4.74 Å². The Morgan fingerprint density at radius 1 is 1.12 bits per heavy atom. The molecule has 2 aromatic rings. The molecule has 176 valence electrons. The molecule has 2 amide bonds. The van der Waals surface area contributed by atoms with E-state index < -0.39 is 0 Å². The zero-order valence-electron chi connectivity index (χ0n) is 19.8. The molecule has 4 rings (SSSR count). The van der Waals surface area contributed by atoms with Crippen molar-refractivity contribution in [1.82, 2.24) is 15.1 Å². The molecule has 0 spiro atoms. The van der Waals surface area contributed by atoms with Gasteiger partial charge in [0.2, 0.25) is 11.8 Å². The van der Waals surface area contributed by atoms with Crippen molar-refractivity contribution >= 4 is 17.5 Å². The van der Waals surface area contributed by atoms with E-state index in [2.05, 4.69) is 34.3 Å². The van der Waals surface area contributed by atoms with Gasteiger partial charge in [0.15, 0.2) is 0 Å². The van der Waals surface area contributed by atoms with Crippen LogP contribution < -0.4 is 15.0 Å². The maximum atomic E-state index is 13.3. The van der Waals surface area contributed by atoms with Gasteiger partial charge < -0.3 is 19.9 Å². The Labute approximate surface area is 196 Å². The van der Waals surface area contributed by atoms with Gasteiger partial charge >= 0.3 is 0 Å². The lowest BCUT2D eigenvalue weighted by Crippen LogP contribution is -2.48. The van der Waals surface area contributed by atoms with Crippen LogP contribution in [0.3, 0.4) is 0 Å². The number of likely N-dealkylation sites (N-methyl/N-ethyl adjacent to an activating group) is 1. The van der Waals surface area contributed by atoms with Crippen LogP contribution in [0.4, 0.5) is 5.69 Å². The molecule has 0 radical (unpaired) electrons. The summed E-state index contributed by atoms with van der Waals surface area (Å²) < 4.78 is 5.47. The molecule has 2 aromatic carbocycles. The molecular weight excluding hydrogens is 416 g/mol. The quantitative estimate of drug-likeness (QED) is 0.702. The van der Waals surface area contributed by atoms with E-state index in [-0.39, 0.29) is 30.2 Å². The summed E-state index contributed by atoms with van der Waals surface area (Å²) in [6.45, 7) is 7.13. The van der Waals surface area contributed by atoms with Gasteiger partial charge in [0, 0.05) is 45.7 Å². The summed E-state index contributed by atoms with van der Waals surface area (Å²) in [5, 5.41) is 3.26. The van der Waals surface area contributed by atoms with E-state index in [9.17, 15) is 9.59 Å². The molecule has 0 saturated carbocycles. The number of amides is 2. The lowest BCUT2D eigenvalue weighted by molar-refractivity contribution is -0.127. The maximum Gasteiger partial charge on any atom is 0.227 e. The molecule has 2 aliphatic heterocycles. The Morgan fingerprint density at radius 3 is 2.55 bits per heavy atom. The first-order valence-electron chi connectivity index (χ1n) is 11.7. The number of carbonyl (C=O) groups excluding carboxylic acids is 2. The number of hydrogen-bond acceptors (Lipinski definition) is 5. The van der Waals surface area contributed by atoms with Gasteiger partial charge in [-0.25, -0.2) is 0 Å². The second-order valence-corrected chi connectivity index (χ2v) is 9.16. The van der Waals surface area contributed by atoms with Crippen molar-refractivity contribution in [3.63, 3.8) is 0 Å². The SMILES string of the molecule is COc1ccc(C)cc1N1CC(C(=O)NC(CN2CCN(C)CC2)c2ccccc2)CC1=O. The van der Waals surface area contributed by atoms with Gasteiger partial charge in [-0.15, -0.1) is 0 Å². The summed E-state index contributed by atoms with van der Waals surface area (Å²) in [5.41, 5.74) is 2.86. The minimum Gasteiger partial charge on any atom is -0.495 e. The van der Waals surface area contributed by atoms with E-state index in [0.717, 1.165) is 49.5 Å². The number of aryl methyl sites for hydroxylation is 1. The van der Waals surface area contributed by atoms with Crippen molar-refractivity contribution in [2.24, 2.45) is 5.92 Å². The van der Waals surface area contributed by atoms with Gasteiger partial charge in [-0.2, -0.15) is 0 Å². The van der Waals surface area contributed by atoms with Gasteiger partial charge in [0.05, 0.1) is 24.8 Å². The second kappa shape index (κ2) is 10.4. The van der Waals surface area contributed by atoms with Crippen LogP contribution in [0.5, 0.6) is 5.75 Å². The van der Waals surface area contributed by atoms with Crippen molar-refractivity contribution in [2.45, 2.75) is 19.4 Å². The number of hydrogen-bond donors (Lipinski definition) is 1. The lowest BCUT2D eigenvalue weighted by atomic mass is 10.0. The third-order valence-electron chi connectivity index (χ3n) is 6.68. The largest absolute Gasteiger partial charge is 0.495 e. The molecule has 33 heavy (non-hydrogen) atoms. The highest BCUT2D eigenvalue weighted by Gasteiger charge is 2.37. The zero-order valence-corrected chi connectivity index (χ0v) is 19.8. The number of benzene rings is 2. The molecule has 0 bridgehead atoms. The van der Waals surface area contributed by atoms with Crippen LogP contribution in [0.25, 0.3) is 0 Å². The van der Waals surface area contributed by atoms with E-state index in [1.54, 1.807) is 12.0 Å². The Hall–Kier alpha value is -2.90. The van der Waals surface area contributed by atoms with E-state index in [1.165, 1.54) is 0 Å². The fraction of sp³-hybridized carbons (Fsp3) is 0.462. The van der Waals surface area contributed by atoms with E-state index in [1.807, 2.05) is 43.3 Å². The van der Waals surface area contributed by atoms with Gasteiger partial charge in [0.1, 0.15) is 5.75 Å². The van der Waals surface area contributed by atoms with E-state index in [0.29, 0.717) is 12.3 Å². The number of piperazine rings is 1. The summed E-state index contributed by atoms with van der Waals surface area (Å²) in [4.78, 5) is 32.6. The van der Waals surface area contributed by atoms with Crippen LogP contribution in [0.2, 0.25) is 0 Å². The van der Waals surface area contributed by atoms with Crippen LogP contribution in [0.1, 0.15) is 23.6 Å². The number of methoxy groups -OCH3 is 1.